The number of rotatable bonds is 5. The highest BCUT2D eigenvalue weighted by Gasteiger charge is 2.16. The lowest BCUT2D eigenvalue weighted by Crippen LogP contribution is -1.94. The van der Waals surface area contributed by atoms with E-state index in [9.17, 15) is 0 Å². The molecule has 0 spiro atoms. The Balaban J connectivity index is 1.23. The van der Waals surface area contributed by atoms with Crippen molar-refractivity contribution in [1.29, 1.82) is 0 Å². The molecule has 0 atom stereocenters. The summed E-state index contributed by atoms with van der Waals surface area (Å²) in [4.78, 5) is 0. The largest absolute Gasteiger partial charge is 0.309 e. The van der Waals surface area contributed by atoms with Crippen molar-refractivity contribution < 1.29 is 0 Å². The first-order chi connectivity index (χ1) is 23.1. The first-order valence-corrected chi connectivity index (χ1v) is 16.4. The molecule has 223 valence electrons. The maximum atomic E-state index is 3.86. The van der Waals surface area contributed by atoms with Gasteiger partial charge in [0.15, 0.2) is 0 Å². The van der Waals surface area contributed by atoms with E-state index >= 15 is 0 Å². The monoisotopic (exact) mass is 601 g/mol. The van der Waals surface area contributed by atoms with Gasteiger partial charge in [0.25, 0.3) is 0 Å². The summed E-state index contributed by atoms with van der Waals surface area (Å²) in [6, 6.07) is 61.0. The molecular formula is C45H33N2. The van der Waals surface area contributed by atoms with Crippen LogP contribution in [0.25, 0.3) is 77.2 Å². The molecule has 0 bridgehead atoms. The summed E-state index contributed by atoms with van der Waals surface area (Å²) in [6.07, 6.45) is 0. The maximum absolute atomic E-state index is 3.86. The number of para-hydroxylation sites is 4. The van der Waals surface area contributed by atoms with E-state index in [-0.39, 0.29) is 0 Å². The van der Waals surface area contributed by atoms with Gasteiger partial charge in [0.2, 0.25) is 0 Å². The molecule has 0 saturated heterocycles. The third-order valence-corrected chi connectivity index (χ3v) is 9.55. The van der Waals surface area contributed by atoms with E-state index in [2.05, 4.69) is 187 Å². The van der Waals surface area contributed by atoms with Crippen LogP contribution in [0.4, 0.5) is 0 Å². The highest BCUT2D eigenvalue weighted by Crippen LogP contribution is 2.39. The van der Waals surface area contributed by atoms with E-state index < -0.39 is 0 Å². The molecule has 0 aliphatic rings. The van der Waals surface area contributed by atoms with Crippen LogP contribution in [0.3, 0.4) is 0 Å². The van der Waals surface area contributed by atoms with Gasteiger partial charge in [-0.05, 0) is 100 Å². The van der Waals surface area contributed by atoms with E-state index in [0.717, 1.165) is 11.1 Å². The van der Waals surface area contributed by atoms with Gasteiger partial charge < -0.3 is 9.13 Å². The normalized spacial score (nSPS) is 11.8. The van der Waals surface area contributed by atoms with Crippen molar-refractivity contribution in [2.24, 2.45) is 0 Å². The van der Waals surface area contributed by atoms with Gasteiger partial charge in [-0.15, -0.1) is 0 Å². The minimum absolute atomic E-state index is 0.384. The van der Waals surface area contributed by atoms with Crippen LogP contribution >= 0.6 is 0 Å². The number of benzene rings is 7. The van der Waals surface area contributed by atoms with Crippen LogP contribution < -0.4 is 0 Å². The maximum Gasteiger partial charge on any atom is 0.0541 e. The van der Waals surface area contributed by atoms with Crippen molar-refractivity contribution >= 4 is 43.6 Å². The first kappa shape index (κ1) is 27.5. The van der Waals surface area contributed by atoms with Crippen molar-refractivity contribution in [3.63, 3.8) is 0 Å². The van der Waals surface area contributed by atoms with E-state index in [1.54, 1.807) is 0 Å². The molecule has 7 aromatic carbocycles. The summed E-state index contributed by atoms with van der Waals surface area (Å²) in [5.74, 6) is 0.384. The second-order valence-corrected chi connectivity index (χ2v) is 12.7. The van der Waals surface area contributed by atoms with Gasteiger partial charge in [0, 0.05) is 32.9 Å². The minimum Gasteiger partial charge on any atom is -0.309 e. The fraction of sp³-hybridized carbons (Fsp3) is 0.0667. The fourth-order valence-electron chi connectivity index (χ4n) is 7.23. The van der Waals surface area contributed by atoms with Gasteiger partial charge in [-0.2, -0.15) is 0 Å². The zero-order valence-corrected chi connectivity index (χ0v) is 26.5. The first-order valence-electron chi connectivity index (χ1n) is 16.4. The fourth-order valence-corrected chi connectivity index (χ4v) is 7.23. The molecule has 9 rings (SSSR count). The highest BCUT2D eigenvalue weighted by atomic mass is 15.0. The van der Waals surface area contributed by atoms with Gasteiger partial charge in [0.1, 0.15) is 0 Å². The van der Waals surface area contributed by atoms with Crippen LogP contribution in [0.2, 0.25) is 0 Å². The molecule has 2 nitrogen and oxygen atoms in total. The lowest BCUT2D eigenvalue weighted by Gasteiger charge is -2.14. The summed E-state index contributed by atoms with van der Waals surface area (Å²) in [6.45, 7) is 4.55. The molecule has 1 radical (unpaired) electrons. The molecule has 0 N–H and O–H groups in total. The number of nitrogens with zero attached hydrogens (tertiary/aromatic N) is 2. The Morgan fingerprint density at radius 2 is 0.809 bits per heavy atom. The second kappa shape index (κ2) is 10.9. The van der Waals surface area contributed by atoms with Crippen molar-refractivity contribution in [2.75, 3.05) is 0 Å². The van der Waals surface area contributed by atoms with Crippen LogP contribution in [0.5, 0.6) is 0 Å². The zero-order valence-electron chi connectivity index (χ0n) is 26.5. The van der Waals surface area contributed by atoms with Gasteiger partial charge in [-0.1, -0.05) is 111 Å². The van der Waals surface area contributed by atoms with Crippen LogP contribution in [-0.4, -0.2) is 9.13 Å². The molecule has 0 aliphatic heterocycles. The van der Waals surface area contributed by atoms with E-state index in [1.807, 2.05) is 0 Å². The smallest absolute Gasteiger partial charge is 0.0541 e. The lowest BCUT2D eigenvalue weighted by atomic mass is 9.91. The molecule has 2 heteroatoms. The Labute approximate surface area is 274 Å². The number of hydrogen-bond donors (Lipinski definition) is 0. The SMILES string of the molecule is CC(C)c1cc(-c2ccc3c(c2)c2ccccc2n3-c2ccccc2)[c]c(-c2ccc3c(c2)c2ccccc2n3-c2ccccc2)c1. The van der Waals surface area contributed by atoms with Crippen LogP contribution in [0.1, 0.15) is 25.3 Å². The molecule has 2 aromatic heterocycles. The number of aromatic nitrogens is 2. The summed E-state index contributed by atoms with van der Waals surface area (Å²) in [7, 11) is 0. The molecule has 0 unspecified atom stereocenters. The Hall–Kier alpha value is -5.86. The van der Waals surface area contributed by atoms with Crippen molar-refractivity contribution in [2.45, 2.75) is 19.8 Å². The van der Waals surface area contributed by atoms with Crippen LogP contribution in [0, 0.1) is 6.07 Å². The Morgan fingerprint density at radius 1 is 0.404 bits per heavy atom. The standard InChI is InChI=1S/C45H33N2/c1-30(2)33-25-34(31-21-23-44-40(28-31)38-17-9-11-19-42(38)46(44)36-13-5-3-6-14-36)27-35(26-33)32-22-24-45-41(29-32)39-18-10-12-20-43(39)47(45)37-15-7-4-8-16-37/h3-26,28-30H,1-2H3. The van der Waals surface area contributed by atoms with Crippen LogP contribution in [-0.2, 0) is 0 Å². The van der Waals surface area contributed by atoms with Gasteiger partial charge in [-0.25, -0.2) is 0 Å². The quantitative estimate of drug-likeness (QED) is 0.186. The number of hydrogen-bond acceptors (Lipinski definition) is 0. The average Bonchev–Trinajstić information content (AvgIpc) is 3.64. The molecule has 9 aromatic rings. The average molecular weight is 602 g/mol. The van der Waals surface area contributed by atoms with E-state index in [1.165, 1.54) is 71.7 Å². The van der Waals surface area contributed by atoms with Crippen LogP contribution in [0.15, 0.2) is 158 Å². The van der Waals surface area contributed by atoms with Gasteiger partial charge >= 0.3 is 0 Å². The Bertz CT molecular complexity index is 2410. The topological polar surface area (TPSA) is 9.86 Å². The van der Waals surface area contributed by atoms with E-state index in [4.69, 9.17) is 0 Å². The summed E-state index contributed by atoms with van der Waals surface area (Å²) in [5.41, 5.74) is 13.1. The Morgan fingerprint density at radius 3 is 1.26 bits per heavy atom. The lowest BCUT2D eigenvalue weighted by molar-refractivity contribution is 0.867. The number of fused-ring (bicyclic) bond motifs is 6. The summed E-state index contributed by atoms with van der Waals surface area (Å²) in [5, 5.41) is 5.02. The third-order valence-electron chi connectivity index (χ3n) is 9.55. The third kappa shape index (κ3) is 4.48. The van der Waals surface area contributed by atoms with Gasteiger partial charge in [0.05, 0.1) is 22.1 Å². The van der Waals surface area contributed by atoms with Crippen molar-refractivity contribution in [3.8, 4) is 33.6 Å². The predicted octanol–water partition coefficient (Wildman–Crippen LogP) is 12.1. The molecule has 0 amide bonds. The highest BCUT2D eigenvalue weighted by molar-refractivity contribution is 6.11. The van der Waals surface area contributed by atoms with Crippen molar-refractivity contribution in [3.05, 3.63) is 169 Å². The minimum atomic E-state index is 0.384. The second-order valence-electron chi connectivity index (χ2n) is 12.7. The molecular weight excluding hydrogens is 569 g/mol. The molecule has 0 saturated carbocycles. The molecule has 0 fully saturated rings. The predicted molar refractivity (Wildman–Crippen MR) is 199 cm³/mol. The molecule has 47 heavy (non-hydrogen) atoms. The summed E-state index contributed by atoms with van der Waals surface area (Å²) >= 11 is 0. The summed E-state index contributed by atoms with van der Waals surface area (Å²) < 4.78 is 4.74. The van der Waals surface area contributed by atoms with Gasteiger partial charge in [-0.3, -0.25) is 0 Å². The molecule has 2 heterocycles. The zero-order chi connectivity index (χ0) is 31.5. The van der Waals surface area contributed by atoms with E-state index in [0.29, 0.717) is 5.92 Å². The van der Waals surface area contributed by atoms with Crippen molar-refractivity contribution in [1.82, 2.24) is 9.13 Å². The molecule has 0 aliphatic carbocycles. The Kier molecular flexibility index (Phi) is 6.36.